The summed E-state index contributed by atoms with van der Waals surface area (Å²) in [5, 5.41) is 10.4. The lowest BCUT2D eigenvalue weighted by Gasteiger charge is -2.25. The summed E-state index contributed by atoms with van der Waals surface area (Å²) < 4.78 is 6.49. The number of hydrogen-bond acceptors (Lipinski definition) is 4. The third-order valence-corrected chi connectivity index (χ3v) is 4.61. The number of nitrogens with zero attached hydrogens (tertiary/aromatic N) is 1. The SMILES string of the molecule is Cc1ccc(C2C(C(=O)C(C)C)=C(O)C(=O)N2c2cccc(Br)c2)o1. The Labute approximate surface area is 154 Å². The largest absolute Gasteiger partial charge is 0.503 e. The third-order valence-electron chi connectivity index (χ3n) is 4.11. The van der Waals surface area contributed by atoms with Gasteiger partial charge >= 0.3 is 0 Å². The van der Waals surface area contributed by atoms with Crippen molar-refractivity contribution in [3.63, 3.8) is 0 Å². The number of Topliss-reactive ketones (excluding diaryl/α,β-unsaturated/α-hetero) is 1. The summed E-state index contributed by atoms with van der Waals surface area (Å²) in [7, 11) is 0. The van der Waals surface area contributed by atoms with Gasteiger partial charge in [-0.3, -0.25) is 14.5 Å². The molecule has 1 aliphatic heterocycles. The number of hydrogen-bond donors (Lipinski definition) is 1. The Balaban J connectivity index is 2.18. The van der Waals surface area contributed by atoms with Gasteiger partial charge in [0.05, 0.1) is 5.57 Å². The van der Waals surface area contributed by atoms with Gasteiger partial charge in [0.1, 0.15) is 17.6 Å². The van der Waals surface area contributed by atoms with E-state index in [2.05, 4.69) is 15.9 Å². The first-order valence-electron chi connectivity index (χ1n) is 7.94. The highest BCUT2D eigenvalue weighted by Gasteiger charge is 2.46. The molecule has 25 heavy (non-hydrogen) atoms. The van der Waals surface area contributed by atoms with Crippen LogP contribution < -0.4 is 4.90 Å². The molecule has 1 amide bonds. The number of furan rings is 1. The van der Waals surface area contributed by atoms with Gasteiger partial charge in [-0.1, -0.05) is 35.8 Å². The fourth-order valence-electron chi connectivity index (χ4n) is 2.93. The zero-order chi connectivity index (χ0) is 18.3. The number of rotatable bonds is 4. The van der Waals surface area contributed by atoms with Crippen molar-refractivity contribution in [3.8, 4) is 0 Å². The van der Waals surface area contributed by atoms with Gasteiger partial charge < -0.3 is 9.52 Å². The van der Waals surface area contributed by atoms with E-state index in [1.807, 2.05) is 6.07 Å². The lowest BCUT2D eigenvalue weighted by molar-refractivity contribution is -0.119. The van der Waals surface area contributed by atoms with Crippen LogP contribution >= 0.6 is 15.9 Å². The molecule has 0 radical (unpaired) electrons. The van der Waals surface area contributed by atoms with Crippen LogP contribution in [0, 0.1) is 12.8 Å². The summed E-state index contributed by atoms with van der Waals surface area (Å²) in [5.74, 6) is -0.648. The Morgan fingerprint density at radius 3 is 2.56 bits per heavy atom. The molecule has 130 valence electrons. The lowest BCUT2D eigenvalue weighted by Crippen LogP contribution is -2.31. The number of aryl methyl sites for hydroxylation is 1. The molecule has 1 aromatic heterocycles. The van der Waals surface area contributed by atoms with Gasteiger partial charge in [-0.05, 0) is 37.3 Å². The van der Waals surface area contributed by atoms with Crippen molar-refractivity contribution in [2.45, 2.75) is 26.8 Å². The topological polar surface area (TPSA) is 70.8 Å². The second-order valence-corrected chi connectivity index (χ2v) is 7.20. The summed E-state index contributed by atoms with van der Waals surface area (Å²) in [6, 6.07) is 9.85. The average Bonchev–Trinajstić information content (AvgIpc) is 3.09. The molecule has 1 aliphatic rings. The van der Waals surface area contributed by atoms with E-state index in [0.717, 1.165) is 4.47 Å². The second-order valence-electron chi connectivity index (χ2n) is 6.29. The van der Waals surface area contributed by atoms with Crippen molar-refractivity contribution in [1.29, 1.82) is 0 Å². The number of aliphatic hydroxyl groups is 1. The molecule has 0 bridgehead atoms. The maximum Gasteiger partial charge on any atom is 0.294 e. The van der Waals surface area contributed by atoms with Gasteiger partial charge in [0.15, 0.2) is 11.5 Å². The second kappa shape index (κ2) is 6.52. The van der Waals surface area contributed by atoms with Crippen molar-refractivity contribution < 1.29 is 19.1 Å². The van der Waals surface area contributed by atoms with E-state index in [1.54, 1.807) is 51.1 Å². The molecule has 1 unspecified atom stereocenters. The predicted octanol–water partition coefficient (Wildman–Crippen LogP) is 4.48. The Kier molecular flexibility index (Phi) is 4.56. The van der Waals surface area contributed by atoms with Gasteiger partial charge in [-0.15, -0.1) is 0 Å². The Morgan fingerprint density at radius 1 is 1.28 bits per heavy atom. The van der Waals surface area contributed by atoms with Crippen LogP contribution in [0.25, 0.3) is 0 Å². The van der Waals surface area contributed by atoms with Crippen LogP contribution in [0.4, 0.5) is 5.69 Å². The first kappa shape index (κ1) is 17.5. The van der Waals surface area contributed by atoms with Crippen LogP contribution in [0.5, 0.6) is 0 Å². The molecule has 0 saturated carbocycles. The highest BCUT2D eigenvalue weighted by atomic mass is 79.9. The highest BCUT2D eigenvalue weighted by molar-refractivity contribution is 9.10. The number of ketones is 1. The van der Waals surface area contributed by atoms with Crippen molar-refractivity contribution in [2.75, 3.05) is 4.90 Å². The molecule has 1 aromatic carbocycles. The van der Waals surface area contributed by atoms with E-state index >= 15 is 0 Å². The molecule has 6 heteroatoms. The van der Waals surface area contributed by atoms with E-state index in [9.17, 15) is 14.7 Å². The van der Waals surface area contributed by atoms with Crippen molar-refractivity contribution in [1.82, 2.24) is 0 Å². The zero-order valence-corrected chi connectivity index (χ0v) is 15.7. The van der Waals surface area contributed by atoms with Crippen LogP contribution in [0.2, 0.25) is 0 Å². The van der Waals surface area contributed by atoms with Gasteiger partial charge in [0.2, 0.25) is 0 Å². The maximum atomic E-state index is 12.8. The van der Waals surface area contributed by atoms with Crippen LogP contribution in [-0.2, 0) is 9.59 Å². The van der Waals surface area contributed by atoms with Crippen LogP contribution in [0.1, 0.15) is 31.4 Å². The maximum absolute atomic E-state index is 12.8. The highest BCUT2D eigenvalue weighted by Crippen LogP contribution is 2.42. The van der Waals surface area contributed by atoms with E-state index in [1.165, 1.54) is 4.90 Å². The van der Waals surface area contributed by atoms with Crippen molar-refractivity contribution >= 4 is 33.3 Å². The summed E-state index contributed by atoms with van der Waals surface area (Å²) >= 11 is 3.39. The summed E-state index contributed by atoms with van der Waals surface area (Å²) in [6.07, 6.45) is 0. The molecular weight excluding hydrogens is 386 g/mol. The van der Waals surface area contributed by atoms with Crippen molar-refractivity contribution in [3.05, 3.63) is 63.7 Å². The zero-order valence-electron chi connectivity index (χ0n) is 14.1. The van der Waals surface area contributed by atoms with E-state index < -0.39 is 17.7 Å². The molecule has 2 heterocycles. The molecule has 2 aromatic rings. The number of carbonyl (C=O) groups excluding carboxylic acids is 2. The van der Waals surface area contributed by atoms with E-state index in [4.69, 9.17) is 4.42 Å². The van der Waals surface area contributed by atoms with Crippen molar-refractivity contribution in [2.24, 2.45) is 5.92 Å². The smallest absolute Gasteiger partial charge is 0.294 e. The molecule has 3 rings (SSSR count). The molecular formula is C19H18BrNO4. The van der Waals surface area contributed by atoms with Crippen LogP contribution in [-0.4, -0.2) is 16.8 Å². The molecule has 0 spiro atoms. The number of aliphatic hydroxyl groups excluding tert-OH is 1. The normalized spacial score (nSPS) is 17.7. The molecule has 1 atom stereocenters. The average molecular weight is 404 g/mol. The fourth-order valence-corrected chi connectivity index (χ4v) is 3.32. The molecule has 0 saturated heterocycles. The quantitative estimate of drug-likeness (QED) is 0.816. The number of anilines is 1. The molecule has 0 fully saturated rings. The first-order chi connectivity index (χ1) is 11.8. The Morgan fingerprint density at radius 2 is 2.00 bits per heavy atom. The van der Waals surface area contributed by atoms with E-state index in [-0.39, 0.29) is 17.3 Å². The molecule has 0 aliphatic carbocycles. The van der Waals surface area contributed by atoms with Gasteiger partial charge in [0.25, 0.3) is 5.91 Å². The summed E-state index contributed by atoms with van der Waals surface area (Å²) in [4.78, 5) is 26.8. The molecule has 1 N–H and O–H groups in total. The Bertz CT molecular complexity index is 881. The summed E-state index contributed by atoms with van der Waals surface area (Å²) in [6.45, 7) is 5.26. The standard InChI is InChI=1S/C19H18BrNO4/c1-10(2)17(22)15-16(14-8-7-11(3)25-14)21(19(24)18(15)23)13-6-4-5-12(20)9-13/h4-10,16,23H,1-3H3. The predicted molar refractivity (Wildman–Crippen MR) is 97.3 cm³/mol. The van der Waals surface area contributed by atoms with Crippen LogP contribution in [0.15, 0.2) is 56.6 Å². The first-order valence-corrected chi connectivity index (χ1v) is 8.73. The van der Waals surface area contributed by atoms with Gasteiger partial charge in [-0.25, -0.2) is 0 Å². The number of benzene rings is 1. The van der Waals surface area contributed by atoms with Gasteiger partial charge in [-0.2, -0.15) is 0 Å². The van der Waals surface area contributed by atoms with Crippen LogP contribution in [0.3, 0.4) is 0 Å². The number of carbonyl (C=O) groups is 2. The Hall–Kier alpha value is -2.34. The van der Waals surface area contributed by atoms with E-state index in [0.29, 0.717) is 17.2 Å². The molecule has 5 nitrogen and oxygen atoms in total. The third kappa shape index (κ3) is 3.02. The fraction of sp³-hybridized carbons (Fsp3) is 0.263. The minimum atomic E-state index is -0.787. The van der Waals surface area contributed by atoms with Gasteiger partial charge in [0, 0.05) is 16.1 Å². The number of halogens is 1. The minimum Gasteiger partial charge on any atom is -0.503 e. The summed E-state index contributed by atoms with van der Waals surface area (Å²) in [5.41, 5.74) is 0.644. The monoisotopic (exact) mass is 403 g/mol. The lowest BCUT2D eigenvalue weighted by atomic mass is 9.94. The minimum absolute atomic E-state index is 0.0781. The number of amides is 1.